The van der Waals surface area contributed by atoms with Crippen LogP contribution in [-0.4, -0.2) is 42.4 Å². The molecule has 0 fully saturated rings. The molecule has 9 heteroatoms. The van der Waals surface area contributed by atoms with E-state index in [0.29, 0.717) is 37.3 Å². The predicted octanol–water partition coefficient (Wildman–Crippen LogP) is 4.57. The van der Waals surface area contributed by atoms with E-state index in [4.69, 9.17) is 0 Å². The smallest absolute Gasteiger partial charge is 0.387 e. The zero-order valence-electron chi connectivity index (χ0n) is 17.1. The molecule has 3 heterocycles. The molecular formula is C23H21F2N3O3S. The average molecular weight is 458 g/mol. The number of pyridine rings is 1. The number of benzene rings is 1. The number of sulfonamides is 1. The van der Waals surface area contributed by atoms with Crippen molar-refractivity contribution < 1.29 is 21.9 Å². The maximum atomic E-state index is 13.3. The first kappa shape index (κ1) is 20.8. The van der Waals surface area contributed by atoms with E-state index in [9.17, 15) is 17.2 Å². The Bertz CT molecular complexity index is 1350. The van der Waals surface area contributed by atoms with Crippen LogP contribution in [0.1, 0.15) is 29.5 Å². The van der Waals surface area contributed by atoms with Crippen LogP contribution in [0.2, 0.25) is 0 Å². The number of alkyl halides is 2. The molecule has 166 valence electrons. The van der Waals surface area contributed by atoms with Crippen LogP contribution in [0.15, 0.2) is 53.7 Å². The second kappa shape index (κ2) is 8.14. The topological polar surface area (TPSA) is 75.3 Å². The second-order valence-corrected chi connectivity index (χ2v) is 9.79. The summed E-state index contributed by atoms with van der Waals surface area (Å²) in [5.74, 6) is 0.0830. The summed E-state index contributed by atoms with van der Waals surface area (Å²) in [6.45, 7) is -2.19. The van der Waals surface area contributed by atoms with Crippen LogP contribution in [0.3, 0.4) is 0 Å². The third kappa shape index (κ3) is 3.82. The fraction of sp³-hybridized carbons (Fsp3) is 0.261. The molecule has 0 saturated heterocycles. The summed E-state index contributed by atoms with van der Waals surface area (Å²) in [6.07, 6.45) is 8.65. The number of H-pyrrole nitrogens is 1. The lowest BCUT2D eigenvalue weighted by atomic mass is 9.97. The Morgan fingerprint density at radius 2 is 2.03 bits per heavy atom. The minimum atomic E-state index is -3.61. The lowest BCUT2D eigenvalue weighted by Crippen LogP contribution is -2.35. The summed E-state index contributed by atoms with van der Waals surface area (Å²) in [7, 11) is -3.61. The molecule has 1 aliphatic carbocycles. The fourth-order valence-corrected chi connectivity index (χ4v) is 5.89. The molecule has 0 unspecified atom stereocenters. The average Bonchev–Trinajstić information content (AvgIpc) is 3.22. The van der Waals surface area contributed by atoms with Gasteiger partial charge in [0.05, 0.1) is 4.91 Å². The number of hydrogen-bond acceptors (Lipinski definition) is 4. The Hall–Kier alpha value is -3.04. The summed E-state index contributed by atoms with van der Waals surface area (Å²) < 4.78 is 57.3. The fourth-order valence-electron chi connectivity index (χ4n) is 4.32. The first-order chi connectivity index (χ1) is 15.4. The summed E-state index contributed by atoms with van der Waals surface area (Å²) in [6, 6.07) is 8.49. The van der Waals surface area contributed by atoms with Crippen molar-refractivity contribution in [3.8, 4) is 5.75 Å². The summed E-state index contributed by atoms with van der Waals surface area (Å²) in [5.41, 5.74) is 4.49. The van der Waals surface area contributed by atoms with Crippen molar-refractivity contribution in [2.24, 2.45) is 0 Å². The number of halogens is 2. The molecule has 0 radical (unpaired) electrons. The van der Waals surface area contributed by atoms with Gasteiger partial charge in [-0.3, -0.25) is 0 Å². The molecule has 32 heavy (non-hydrogen) atoms. The van der Waals surface area contributed by atoms with E-state index in [1.165, 1.54) is 10.4 Å². The third-order valence-corrected chi connectivity index (χ3v) is 7.93. The molecule has 0 amide bonds. The zero-order chi connectivity index (χ0) is 22.3. The van der Waals surface area contributed by atoms with Crippen LogP contribution >= 0.6 is 0 Å². The van der Waals surface area contributed by atoms with Crippen LogP contribution in [0.4, 0.5) is 8.78 Å². The van der Waals surface area contributed by atoms with Gasteiger partial charge in [0.2, 0.25) is 10.0 Å². The number of rotatable bonds is 5. The van der Waals surface area contributed by atoms with Gasteiger partial charge < -0.3 is 9.72 Å². The first-order valence-corrected chi connectivity index (χ1v) is 11.8. The predicted molar refractivity (Wildman–Crippen MR) is 119 cm³/mol. The van der Waals surface area contributed by atoms with Gasteiger partial charge in [0, 0.05) is 36.4 Å². The van der Waals surface area contributed by atoms with Crippen LogP contribution in [0.5, 0.6) is 5.75 Å². The van der Waals surface area contributed by atoms with Gasteiger partial charge >= 0.3 is 6.61 Å². The number of nitrogens with one attached hydrogen (secondary N) is 1. The summed E-state index contributed by atoms with van der Waals surface area (Å²) in [5, 5.41) is 1.02. The largest absolute Gasteiger partial charge is 0.435 e. The van der Waals surface area contributed by atoms with Crippen molar-refractivity contribution in [1.82, 2.24) is 14.3 Å². The van der Waals surface area contributed by atoms with Crippen LogP contribution in [0.25, 0.3) is 22.7 Å². The Morgan fingerprint density at radius 3 is 2.81 bits per heavy atom. The van der Waals surface area contributed by atoms with Crippen molar-refractivity contribution in [2.75, 3.05) is 13.1 Å². The van der Waals surface area contributed by atoms with Crippen molar-refractivity contribution in [1.29, 1.82) is 0 Å². The van der Waals surface area contributed by atoms with E-state index in [1.807, 2.05) is 24.4 Å². The minimum Gasteiger partial charge on any atom is -0.435 e. The first-order valence-electron chi connectivity index (χ1n) is 10.3. The van der Waals surface area contributed by atoms with Gasteiger partial charge in [0.15, 0.2) is 0 Å². The number of aromatic amines is 1. The van der Waals surface area contributed by atoms with Gasteiger partial charge in [-0.15, -0.1) is 0 Å². The number of allylic oxidation sites excluding steroid dienone is 1. The highest BCUT2D eigenvalue weighted by Crippen LogP contribution is 2.34. The van der Waals surface area contributed by atoms with E-state index < -0.39 is 16.6 Å². The van der Waals surface area contributed by atoms with E-state index in [1.54, 1.807) is 24.4 Å². The molecule has 1 N–H and O–H groups in total. The Morgan fingerprint density at radius 1 is 1.16 bits per heavy atom. The highest BCUT2D eigenvalue weighted by Gasteiger charge is 2.30. The molecule has 0 saturated carbocycles. The molecule has 6 nitrogen and oxygen atoms in total. The Labute approximate surface area is 184 Å². The molecule has 2 aliphatic rings. The van der Waals surface area contributed by atoms with Gasteiger partial charge in [-0.2, -0.15) is 13.1 Å². The van der Waals surface area contributed by atoms with E-state index in [0.717, 1.165) is 33.3 Å². The SMILES string of the molecule is O=S(=O)(C1=Cc2ccc(OC(F)F)cc2CC1)N1CC=C(c2c[nH]c3ncccc23)CC1. The Balaban J connectivity index is 1.36. The molecule has 0 spiro atoms. The highest BCUT2D eigenvalue weighted by atomic mass is 32.2. The zero-order valence-corrected chi connectivity index (χ0v) is 17.9. The van der Waals surface area contributed by atoms with E-state index in [2.05, 4.69) is 14.7 Å². The third-order valence-electron chi connectivity index (χ3n) is 5.94. The van der Waals surface area contributed by atoms with E-state index in [-0.39, 0.29) is 5.75 Å². The maximum absolute atomic E-state index is 13.3. The number of hydrogen-bond donors (Lipinski definition) is 1. The maximum Gasteiger partial charge on any atom is 0.387 e. The summed E-state index contributed by atoms with van der Waals surface area (Å²) >= 11 is 0. The van der Waals surface area contributed by atoms with Gasteiger partial charge in [0.25, 0.3) is 0 Å². The molecule has 0 bridgehead atoms. The molecule has 1 aliphatic heterocycles. The summed E-state index contributed by atoms with van der Waals surface area (Å²) in [4.78, 5) is 7.82. The Kier molecular flexibility index (Phi) is 5.30. The van der Waals surface area contributed by atoms with Crippen molar-refractivity contribution in [2.45, 2.75) is 25.9 Å². The minimum absolute atomic E-state index is 0.0830. The molecule has 1 aromatic carbocycles. The molecular weight excluding hydrogens is 436 g/mol. The standard InChI is InChI=1S/C23H21F2N3O3S/c24-23(25)31-18-5-3-17-13-19(6-4-16(17)12-18)32(29,30)28-10-7-15(8-11-28)21-14-27-22-20(21)2-1-9-26-22/h1-3,5,7,9,12-14,23H,4,6,8,10-11H2,(H,26,27). The van der Waals surface area contributed by atoms with Gasteiger partial charge in [-0.05, 0) is 66.3 Å². The molecule has 3 aromatic rings. The number of ether oxygens (including phenoxy) is 1. The van der Waals surface area contributed by atoms with E-state index >= 15 is 0 Å². The van der Waals surface area contributed by atoms with Crippen LogP contribution in [-0.2, 0) is 16.4 Å². The highest BCUT2D eigenvalue weighted by molar-refractivity contribution is 7.93. The van der Waals surface area contributed by atoms with Crippen molar-refractivity contribution in [3.63, 3.8) is 0 Å². The lowest BCUT2D eigenvalue weighted by molar-refractivity contribution is -0.0498. The number of aryl methyl sites for hydroxylation is 1. The van der Waals surface area contributed by atoms with Crippen LogP contribution in [0, 0.1) is 0 Å². The molecule has 0 atom stereocenters. The normalized spacial score (nSPS) is 17.2. The van der Waals surface area contributed by atoms with Crippen molar-refractivity contribution >= 4 is 32.7 Å². The molecule has 5 rings (SSSR count). The quantitative estimate of drug-likeness (QED) is 0.609. The van der Waals surface area contributed by atoms with Gasteiger partial charge in [-0.1, -0.05) is 12.1 Å². The molecule has 2 aromatic heterocycles. The van der Waals surface area contributed by atoms with Gasteiger partial charge in [-0.25, -0.2) is 13.4 Å². The van der Waals surface area contributed by atoms with Crippen molar-refractivity contribution in [3.05, 3.63) is 70.4 Å². The number of nitrogens with zero attached hydrogens (tertiary/aromatic N) is 2. The number of aromatic nitrogens is 2. The number of fused-ring (bicyclic) bond motifs is 2. The monoisotopic (exact) mass is 457 g/mol. The second-order valence-electron chi connectivity index (χ2n) is 7.79. The lowest BCUT2D eigenvalue weighted by Gasteiger charge is -2.28. The van der Waals surface area contributed by atoms with Crippen LogP contribution < -0.4 is 4.74 Å². The van der Waals surface area contributed by atoms with Gasteiger partial charge in [0.1, 0.15) is 11.4 Å².